The molecule has 112 valence electrons. The summed E-state index contributed by atoms with van der Waals surface area (Å²) in [5, 5.41) is 3.45. The van der Waals surface area contributed by atoms with Crippen molar-refractivity contribution in [3.8, 4) is 0 Å². The van der Waals surface area contributed by atoms with Crippen molar-refractivity contribution in [2.45, 2.75) is 32.7 Å². The van der Waals surface area contributed by atoms with Gasteiger partial charge in [0.1, 0.15) is 0 Å². The Morgan fingerprint density at radius 2 is 2.20 bits per heavy atom. The third kappa shape index (κ3) is 4.25. The molecule has 0 radical (unpaired) electrons. The van der Waals surface area contributed by atoms with Gasteiger partial charge in [0.05, 0.1) is 0 Å². The molecule has 1 atom stereocenters. The molecule has 1 aromatic rings. The van der Waals surface area contributed by atoms with Crippen molar-refractivity contribution >= 4 is 0 Å². The highest BCUT2D eigenvalue weighted by Crippen LogP contribution is 2.20. The van der Waals surface area contributed by atoms with Crippen LogP contribution >= 0.6 is 0 Å². The Bertz CT molecular complexity index is 423. The molecule has 1 fully saturated rings. The van der Waals surface area contributed by atoms with Crippen molar-refractivity contribution in [2.24, 2.45) is 5.92 Å². The molecular formula is C16H24F2N2. The van der Waals surface area contributed by atoms with Crippen LogP contribution in [0.3, 0.4) is 0 Å². The fraction of sp³-hybridized carbons (Fsp3) is 0.625. The van der Waals surface area contributed by atoms with Crippen LogP contribution in [0.2, 0.25) is 0 Å². The number of rotatable bonds is 6. The zero-order valence-corrected chi connectivity index (χ0v) is 12.2. The van der Waals surface area contributed by atoms with Crippen LogP contribution in [0.4, 0.5) is 8.78 Å². The number of hydrogen-bond acceptors (Lipinski definition) is 2. The molecule has 1 aliphatic rings. The third-order valence-corrected chi connectivity index (χ3v) is 3.89. The van der Waals surface area contributed by atoms with E-state index in [4.69, 9.17) is 0 Å². The Morgan fingerprint density at radius 1 is 1.35 bits per heavy atom. The van der Waals surface area contributed by atoms with Gasteiger partial charge in [-0.2, -0.15) is 0 Å². The topological polar surface area (TPSA) is 15.3 Å². The summed E-state index contributed by atoms with van der Waals surface area (Å²) in [6.45, 7) is 6.68. The lowest BCUT2D eigenvalue weighted by atomic mass is 9.97. The minimum absolute atomic E-state index is 0.465. The largest absolute Gasteiger partial charge is 0.316 e. The zero-order chi connectivity index (χ0) is 14.4. The average Bonchev–Trinajstić information content (AvgIpc) is 2.45. The summed E-state index contributed by atoms with van der Waals surface area (Å²) in [5.41, 5.74) is 0.465. The molecule has 1 aromatic carbocycles. The quantitative estimate of drug-likeness (QED) is 0.806. The molecule has 20 heavy (non-hydrogen) atoms. The van der Waals surface area contributed by atoms with Gasteiger partial charge in [0.2, 0.25) is 0 Å². The van der Waals surface area contributed by atoms with E-state index >= 15 is 0 Å². The molecule has 1 saturated heterocycles. The third-order valence-electron chi connectivity index (χ3n) is 3.89. The Morgan fingerprint density at radius 3 is 3.00 bits per heavy atom. The van der Waals surface area contributed by atoms with E-state index in [-0.39, 0.29) is 0 Å². The number of nitrogens with one attached hydrogen (secondary N) is 1. The molecular weight excluding hydrogens is 258 g/mol. The van der Waals surface area contributed by atoms with E-state index in [2.05, 4.69) is 17.1 Å². The van der Waals surface area contributed by atoms with Gasteiger partial charge in [0, 0.05) is 18.7 Å². The maximum absolute atomic E-state index is 13.7. The summed E-state index contributed by atoms with van der Waals surface area (Å²) >= 11 is 0. The van der Waals surface area contributed by atoms with E-state index in [0.29, 0.717) is 18.0 Å². The molecule has 1 unspecified atom stereocenters. The van der Waals surface area contributed by atoms with Crippen LogP contribution in [0, 0.1) is 17.6 Å². The molecule has 0 bridgehead atoms. The smallest absolute Gasteiger partial charge is 0.163 e. The number of likely N-dealkylation sites (tertiary alicyclic amines) is 1. The van der Waals surface area contributed by atoms with Gasteiger partial charge < -0.3 is 5.32 Å². The van der Waals surface area contributed by atoms with Crippen LogP contribution in [0.1, 0.15) is 31.7 Å². The first-order valence-corrected chi connectivity index (χ1v) is 7.56. The maximum atomic E-state index is 13.7. The second kappa shape index (κ2) is 7.70. The Labute approximate surface area is 120 Å². The molecule has 1 N–H and O–H groups in total. The molecule has 2 rings (SSSR count). The van der Waals surface area contributed by atoms with Gasteiger partial charge in [-0.25, -0.2) is 8.78 Å². The summed E-state index contributed by atoms with van der Waals surface area (Å²) in [6.07, 6.45) is 3.50. The average molecular weight is 282 g/mol. The van der Waals surface area contributed by atoms with Crippen LogP contribution in [-0.4, -0.2) is 31.1 Å². The molecule has 0 aromatic heterocycles. The van der Waals surface area contributed by atoms with Gasteiger partial charge in [-0.3, -0.25) is 4.90 Å². The lowest BCUT2D eigenvalue weighted by molar-refractivity contribution is 0.163. The van der Waals surface area contributed by atoms with Gasteiger partial charge in [-0.05, 0) is 50.9 Å². The maximum Gasteiger partial charge on any atom is 0.163 e. The summed E-state index contributed by atoms with van der Waals surface area (Å²) in [5.74, 6) is -0.827. The first-order chi connectivity index (χ1) is 9.70. The molecule has 0 aliphatic carbocycles. The number of piperidine rings is 1. The lowest BCUT2D eigenvalue weighted by Gasteiger charge is -2.33. The molecule has 4 heteroatoms. The molecule has 1 aliphatic heterocycles. The van der Waals surface area contributed by atoms with Crippen molar-refractivity contribution < 1.29 is 8.78 Å². The second-order valence-electron chi connectivity index (χ2n) is 5.66. The molecule has 0 amide bonds. The van der Waals surface area contributed by atoms with Crippen LogP contribution in [0.25, 0.3) is 0 Å². The van der Waals surface area contributed by atoms with E-state index in [0.717, 1.165) is 39.0 Å². The van der Waals surface area contributed by atoms with Crippen molar-refractivity contribution in [1.29, 1.82) is 0 Å². The fourth-order valence-corrected chi connectivity index (χ4v) is 2.86. The van der Waals surface area contributed by atoms with Crippen LogP contribution in [0.15, 0.2) is 18.2 Å². The van der Waals surface area contributed by atoms with Crippen LogP contribution < -0.4 is 5.32 Å². The standard InChI is InChI=1S/C16H24F2N2/c1-2-8-19-10-13-5-4-9-20(11-13)12-14-6-3-7-15(17)16(14)18/h3,6-7,13,19H,2,4-5,8-12H2,1H3. The lowest BCUT2D eigenvalue weighted by Crippen LogP contribution is -2.39. The SMILES string of the molecule is CCCNCC1CCCN(Cc2cccc(F)c2F)C1. The normalized spacial score (nSPS) is 20.2. The van der Waals surface area contributed by atoms with E-state index in [1.54, 1.807) is 12.1 Å². The Hall–Kier alpha value is -1.00. The predicted octanol–water partition coefficient (Wildman–Crippen LogP) is 3.18. The molecule has 0 saturated carbocycles. The van der Waals surface area contributed by atoms with Gasteiger partial charge in [-0.15, -0.1) is 0 Å². The number of nitrogens with zero attached hydrogens (tertiary/aromatic N) is 1. The van der Waals surface area contributed by atoms with Gasteiger partial charge >= 0.3 is 0 Å². The van der Waals surface area contributed by atoms with E-state index in [9.17, 15) is 8.78 Å². The van der Waals surface area contributed by atoms with Gasteiger partial charge in [-0.1, -0.05) is 19.1 Å². The van der Waals surface area contributed by atoms with E-state index in [1.165, 1.54) is 12.5 Å². The summed E-state index contributed by atoms with van der Waals surface area (Å²) in [6, 6.07) is 4.43. The van der Waals surface area contributed by atoms with Crippen molar-refractivity contribution in [2.75, 3.05) is 26.2 Å². The summed E-state index contributed by atoms with van der Waals surface area (Å²) in [4.78, 5) is 2.24. The zero-order valence-electron chi connectivity index (χ0n) is 12.2. The molecule has 2 nitrogen and oxygen atoms in total. The van der Waals surface area contributed by atoms with E-state index < -0.39 is 11.6 Å². The first-order valence-electron chi connectivity index (χ1n) is 7.56. The van der Waals surface area contributed by atoms with Crippen molar-refractivity contribution in [1.82, 2.24) is 10.2 Å². The van der Waals surface area contributed by atoms with Gasteiger partial charge in [0.15, 0.2) is 11.6 Å². The van der Waals surface area contributed by atoms with Crippen molar-refractivity contribution in [3.05, 3.63) is 35.4 Å². The van der Waals surface area contributed by atoms with Crippen LogP contribution in [-0.2, 0) is 6.54 Å². The number of benzene rings is 1. The Balaban J connectivity index is 1.87. The highest BCUT2D eigenvalue weighted by molar-refractivity contribution is 5.18. The minimum Gasteiger partial charge on any atom is -0.316 e. The number of hydrogen-bond donors (Lipinski definition) is 1. The van der Waals surface area contributed by atoms with E-state index in [1.807, 2.05) is 0 Å². The first kappa shape index (κ1) is 15.4. The predicted molar refractivity (Wildman–Crippen MR) is 77.5 cm³/mol. The highest BCUT2D eigenvalue weighted by Gasteiger charge is 2.21. The van der Waals surface area contributed by atoms with Crippen molar-refractivity contribution in [3.63, 3.8) is 0 Å². The Kier molecular flexibility index (Phi) is 5.92. The molecule has 1 heterocycles. The molecule has 0 spiro atoms. The second-order valence-corrected chi connectivity index (χ2v) is 5.66. The monoisotopic (exact) mass is 282 g/mol. The highest BCUT2D eigenvalue weighted by atomic mass is 19.2. The minimum atomic E-state index is -0.749. The summed E-state index contributed by atoms with van der Waals surface area (Å²) < 4.78 is 26.9. The number of halogens is 2. The van der Waals surface area contributed by atoms with Gasteiger partial charge in [0.25, 0.3) is 0 Å². The summed E-state index contributed by atoms with van der Waals surface area (Å²) in [7, 11) is 0. The fourth-order valence-electron chi connectivity index (χ4n) is 2.86. The van der Waals surface area contributed by atoms with Crippen LogP contribution in [0.5, 0.6) is 0 Å².